The van der Waals surface area contributed by atoms with Crippen LogP contribution in [-0.2, 0) is 0 Å². The lowest BCUT2D eigenvalue weighted by molar-refractivity contribution is 0.0671. The highest BCUT2D eigenvalue weighted by molar-refractivity contribution is 6.05. The van der Waals surface area contributed by atoms with E-state index < -0.39 is 6.04 Å². The van der Waals surface area contributed by atoms with Crippen molar-refractivity contribution in [1.82, 2.24) is 14.9 Å². The van der Waals surface area contributed by atoms with Gasteiger partial charge >= 0.3 is 0 Å². The van der Waals surface area contributed by atoms with E-state index in [4.69, 9.17) is 0 Å². The van der Waals surface area contributed by atoms with E-state index in [1.165, 1.54) is 0 Å². The highest BCUT2D eigenvalue weighted by Gasteiger charge is 2.35. The van der Waals surface area contributed by atoms with Gasteiger partial charge < -0.3 is 4.90 Å². The van der Waals surface area contributed by atoms with Crippen molar-refractivity contribution in [1.29, 1.82) is 0 Å². The van der Waals surface area contributed by atoms with Crippen LogP contribution in [0, 0.1) is 13.8 Å². The van der Waals surface area contributed by atoms with Crippen molar-refractivity contribution in [3.63, 3.8) is 0 Å². The van der Waals surface area contributed by atoms with Crippen LogP contribution < -0.4 is 0 Å². The zero-order chi connectivity index (χ0) is 19.0. The highest BCUT2D eigenvalue weighted by atomic mass is 16.2. The number of hydrogen-bond donors (Lipinski definition) is 0. The van der Waals surface area contributed by atoms with Crippen molar-refractivity contribution in [2.45, 2.75) is 32.7 Å². The fourth-order valence-corrected chi connectivity index (χ4v) is 3.61. The highest BCUT2D eigenvalue weighted by Crippen LogP contribution is 2.24. The molecule has 4 rings (SSSR count). The first-order valence-electron chi connectivity index (χ1n) is 9.20. The average molecular weight is 359 g/mol. The van der Waals surface area contributed by atoms with Crippen LogP contribution in [0.4, 0.5) is 0 Å². The Kier molecular flexibility index (Phi) is 4.44. The third-order valence-corrected chi connectivity index (χ3v) is 5.20. The van der Waals surface area contributed by atoms with E-state index in [0.29, 0.717) is 29.6 Å². The minimum atomic E-state index is -0.401. The Morgan fingerprint density at radius 1 is 0.926 bits per heavy atom. The van der Waals surface area contributed by atoms with E-state index in [2.05, 4.69) is 9.97 Å². The zero-order valence-corrected chi connectivity index (χ0v) is 15.5. The van der Waals surface area contributed by atoms with E-state index in [1.54, 1.807) is 29.2 Å². The van der Waals surface area contributed by atoms with E-state index >= 15 is 0 Å². The van der Waals surface area contributed by atoms with E-state index in [9.17, 15) is 9.59 Å². The van der Waals surface area contributed by atoms with Gasteiger partial charge in [0.05, 0.1) is 28.5 Å². The van der Waals surface area contributed by atoms with E-state index in [1.807, 2.05) is 38.1 Å². The minimum Gasteiger partial charge on any atom is -0.328 e. The number of rotatable bonds is 3. The van der Waals surface area contributed by atoms with Crippen molar-refractivity contribution in [3.05, 3.63) is 71.0 Å². The molecule has 5 nitrogen and oxygen atoms in total. The molecule has 0 radical (unpaired) electrons. The Labute approximate surface area is 158 Å². The van der Waals surface area contributed by atoms with Crippen LogP contribution in [0.2, 0.25) is 0 Å². The maximum absolute atomic E-state index is 13.1. The molecule has 1 amide bonds. The molecule has 1 aliphatic heterocycles. The Hall–Kier alpha value is -3.08. The number of likely N-dealkylation sites (tertiary alicyclic amines) is 1. The summed E-state index contributed by atoms with van der Waals surface area (Å²) in [6.45, 7) is 4.43. The van der Waals surface area contributed by atoms with Crippen LogP contribution in [0.5, 0.6) is 0 Å². The monoisotopic (exact) mass is 359 g/mol. The van der Waals surface area contributed by atoms with Crippen LogP contribution >= 0.6 is 0 Å². The van der Waals surface area contributed by atoms with Gasteiger partial charge in [0.25, 0.3) is 5.91 Å². The van der Waals surface area contributed by atoms with Crippen molar-refractivity contribution < 1.29 is 9.59 Å². The third kappa shape index (κ3) is 3.21. The number of nitrogens with zero attached hydrogens (tertiary/aromatic N) is 3. The Morgan fingerprint density at radius 3 is 2.37 bits per heavy atom. The van der Waals surface area contributed by atoms with Gasteiger partial charge in [0.1, 0.15) is 0 Å². The maximum Gasteiger partial charge on any atom is 0.254 e. The molecule has 0 aliphatic carbocycles. The normalized spacial score (nSPS) is 16.7. The number of benzene rings is 2. The number of fused-ring (bicyclic) bond motifs is 1. The topological polar surface area (TPSA) is 63.2 Å². The van der Waals surface area contributed by atoms with Gasteiger partial charge in [-0.3, -0.25) is 9.59 Å². The molecule has 1 aliphatic rings. The number of amides is 1. The minimum absolute atomic E-state index is 0.00787. The summed E-state index contributed by atoms with van der Waals surface area (Å²) in [5.74, 6) is -0.114. The van der Waals surface area contributed by atoms with Gasteiger partial charge in [-0.25, -0.2) is 9.97 Å². The Morgan fingerprint density at radius 2 is 1.63 bits per heavy atom. The van der Waals surface area contributed by atoms with Gasteiger partial charge in [-0.15, -0.1) is 0 Å². The maximum atomic E-state index is 13.1. The lowest BCUT2D eigenvalue weighted by Gasteiger charge is -2.24. The predicted molar refractivity (Wildman–Crippen MR) is 104 cm³/mol. The fourth-order valence-electron chi connectivity index (χ4n) is 3.61. The molecular weight excluding hydrogens is 338 g/mol. The SMILES string of the molecule is Cc1nc2ccc(C(=O)N3CCCC3C(=O)c3ccccc3)cc2nc1C. The molecule has 1 fully saturated rings. The molecule has 2 heterocycles. The molecule has 1 unspecified atom stereocenters. The van der Waals surface area contributed by atoms with Crippen LogP contribution in [-0.4, -0.2) is 39.1 Å². The second kappa shape index (κ2) is 6.91. The Balaban J connectivity index is 1.64. The summed E-state index contributed by atoms with van der Waals surface area (Å²) in [7, 11) is 0. The summed E-state index contributed by atoms with van der Waals surface area (Å²) in [5, 5.41) is 0. The summed E-state index contributed by atoms with van der Waals surface area (Å²) >= 11 is 0. The van der Waals surface area contributed by atoms with Crippen LogP contribution in [0.3, 0.4) is 0 Å². The molecule has 0 spiro atoms. The van der Waals surface area contributed by atoms with Gasteiger partial charge in [-0.2, -0.15) is 0 Å². The molecule has 0 bridgehead atoms. The van der Waals surface area contributed by atoms with Crippen molar-refractivity contribution in [2.75, 3.05) is 6.54 Å². The third-order valence-electron chi connectivity index (χ3n) is 5.20. The van der Waals surface area contributed by atoms with Gasteiger partial charge in [0.2, 0.25) is 0 Å². The van der Waals surface area contributed by atoms with Crippen molar-refractivity contribution >= 4 is 22.7 Å². The van der Waals surface area contributed by atoms with Crippen LogP contribution in [0.25, 0.3) is 11.0 Å². The van der Waals surface area contributed by atoms with Crippen LogP contribution in [0.1, 0.15) is 44.9 Å². The molecule has 1 saturated heterocycles. The molecule has 136 valence electrons. The molecule has 3 aromatic rings. The van der Waals surface area contributed by atoms with E-state index in [0.717, 1.165) is 23.3 Å². The lowest BCUT2D eigenvalue weighted by Crippen LogP contribution is -2.40. The van der Waals surface area contributed by atoms with Crippen LogP contribution in [0.15, 0.2) is 48.5 Å². The molecule has 0 N–H and O–H groups in total. The standard InChI is InChI=1S/C22H21N3O2/c1-14-15(2)24-19-13-17(10-11-18(19)23-14)22(27)25-12-6-9-20(25)21(26)16-7-4-3-5-8-16/h3-5,7-8,10-11,13,20H,6,9,12H2,1-2H3. The van der Waals surface area contributed by atoms with Gasteiger partial charge in [-0.05, 0) is 44.9 Å². The second-order valence-corrected chi connectivity index (χ2v) is 6.98. The number of Topliss-reactive ketones (excluding diaryl/α,β-unsaturated/α-hetero) is 1. The number of aryl methyl sites for hydroxylation is 2. The lowest BCUT2D eigenvalue weighted by atomic mass is 10.0. The van der Waals surface area contributed by atoms with Crippen molar-refractivity contribution in [2.24, 2.45) is 0 Å². The number of carbonyl (C=O) groups is 2. The zero-order valence-electron chi connectivity index (χ0n) is 15.5. The second-order valence-electron chi connectivity index (χ2n) is 6.98. The molecule has 1 atom stereocenters. The summed E-state index contributed by atoms with van der Waals surface area (Å²) in [5.41, 5.74) is 4.41. The molecular formula is C22H21N3O2. The largest absolute Gasteiger partial charge is 0.328 e. The van der Waals surface area contributed by atoms with Gasteiger partial charge in [0.15, 0.2) is 5.78 Å². The van der Waals surface area contributed by atoms with E-state index in [-0.39, 0.29) is 11.7 Å². The average Bonchev–Trinajstić information content (AvgIpc) is 3.18. The summed E-state index contributed by atoms with van der Waals surface area (Å²) in [6, 6.07) is 14.2. The molecule has 2 aromatic carbocycles. The number of hydrogen-bond acceptors (Lipinski definition) is 4. The summed E-state index contributed by atoms with van der Waals surface area (Å²) in [6.07, 6.45) is 1.53. The number of carbonyl (C=O) groups excluding carboxylic acids is 2. The smallest absolute Gasteiger partial charge is 0.254 e. The molecule has 1 aromatic heterocycles. The van der Waals surface area contributed by atoms with Crippen molar-refractivity contribution in [3.8, 4) is 0 Å². The molecule has 5 heteroatoms. The Bertz CT molecular complexity index is 1030. The predicted octanol–water partition coefficient (Wildman–Crippen LogP) is 3.73. The quantitative estimate of drug-likeness (QED) is 0.669. The summed E-state index contributed by atoms with van der Waals surface area (Å²) < 4.78 is 0. The first-order valence-corrected chi connectivity index (χ1v) is 9.20. The number of ketones is 1. The van der Waals surface area contributed by atoms with Gasteiger partial charge in [-0.1, -0.05) is 30.3 Å². The first kappa shape index (κ1) is 17.3. The molecule has 27 heavy (non-hydrogen) atoms. The fraction of sp³-hybridized carbons (Fsp3) is 0.273. The number of aromatic nitrogens is 2. The first-order chi connectivity index (χ1) is 13.0. The van der Waals surface area contributed by atoms with Gasteiger partial charge in [0, 0.05) is 17.7 Å². The summed E-state index contributed by atoms with van der Waals surface area (Å²) in [4.78, 5) is 36.7. The molecule has 0 saturated carbocycles.